The third-order valence-electron chi connectivity index (χ3n) is 2.34. The Labute approximate surface area is 114 Å². The van der Waals surface area contributed by atoms with Crippen LogP contribution in [0.2, 0.25) is 10.0 Å². The number of anilines is 2. The fraction of sp³-hybridized carbons (Fsp3) is 0.182. The molecule has 7 heteroatoms. The monoisotopic (exact) mass is 283 g/mol. The van der Waals surface area contributed by atoms with E-state index in [0.717, 1.165) is 12.0 Å². The molecule has 0 atom stereocenters. The Bertz CT molecular complexity index is 553. The van der Waals surface area contributed by atoms with Crippen LogP contribution in [0.1, 0.15) is 11.4 Å². The Balaban J connectivity index is 2.08. The molecule has 0 aliphatic carbocycles. The molecule has 5 nitrogen and oxygen atoms in total. The second-order valence-electron chi connectivity index (χ2n) is 3.72. The van der Waals surface area contributed by atoms with Gasteiger partial charge in [0.05, 0.1) is 10.0 Å². The molecule has 1 heterocycles. The van der Waals surface area contributed by atoms with E-state index in [4.69, 9.17) is 34.7 Å². The highest BCUT2D eigenvalue weighted by Gasteiger charge is 2.04. The molecule has 0 aliphatic rings. The zero-order valence-corrected chi connectivity index (χ0v) is 10.9. The van der Waals surface area contributed by atoms with Gasteiger partial charge < -0.3 is 11.5 Å². The van der Waals surface area contributed by atoms with Crippen molar-refractivity contribution in [3.05, 3.63) is 39.6 Å². The standard InChI is InChI=1S/C11H11Cl2N5/c12-7-3-1-6(5-8(7)13)2-4-9-16-10(14)18-11(15)17-9/h1,3,5H,2,4H2,(H4,14,15,16,17,18). The van der Waals surface area contributed by atoms with E-state index in [9.17, 15) is 0 Å². The largest absolute Gasteiger partial charge is 0.368 e. The first-order valence-corrected chi connectivity index (χ1v) is 6.00. The van der Waals surface area contributed by atoms with Crippen LogP contribution < -0.4 is 11.5 Å². The molecule has 1 aromatic carbocycles. The number of hydrogen-bond donors (Lipinski definition) is 2. The number of nitrogens with zero attached hydrogens (tertiary/aromatic N) is 3. The van der Waals surface area contributed by atoms with Crippen LogP contribution in [0.15, 0.2) is 18.2 Å². The number of aromatic nitrogens is 3. The molecular weight excluding hydrogens is 273 g/mol. The fourth-order valence-electron chi connectivity index (χ4n) is 1.52. The highest BCUT2D eigenvalue weighted by Crippen LogP contribution is 2.23. The highest BCUT2D eigenvalue weighted by atomic mass is 35.5. The lowest BCUT2D eigenvalue weighted by Gasteiger charge is -2.04. The van der Waals surface area contributed by atoms with Crippen molar-refractivity contribution in [2.24, 2.45) is 0 Å². The van der Waals surface area contributed by atoms with Crippen molar-refractivity contribution in [2.75, 3.05) is 11.5 Å². The van der Waals surface area contributed by atoms with Gasteiger partial charge >= 0.3 is 0 Å². The third kappa shape index (κ3) is 3.21. The lowest BCUT2D eigenvalue weighted by molar-refractivity contribution is 0.847. The molecule has 0 bridgehead atoms. The topological polar surface area (TPSA) is 90.7 Å². The van der Waals surface area contributed by atoms with Gasteiger partial charge in [-0.25, -0.2) is 0 Å². The first-order chi connectivity index (χ1) is 8.54. The summed E-state index contributed by atoms with van der Waals surface area (Å²) in [6.07, 6.45) is 1.33. The van der Waals surface area contributed by atoms with Gasteiger partial charge in [-0.3, -0.25) is 0 Å². The van der Waals surface area contributed by atoms with Crippen molar-refractivity contribution in [1.29, 1.82) is 0 Å². The maximum absolute atomic E-state index is 5.93. The molecule has 1 aromatic heterocycles. The van der Waals surface area contributed by atoms with Crippen molar-refractivity contribution in [2.45, 2.75) is 12.8 Å². The molecule has 2 rings (SSSR count). The van der Waals surface area contributed by atoms with Gasteiger partial charge in [0.2, 0.25) is 11.9 Å². The molecule has 0 fully saturated rings. The Morgan fingerprint density at radius 2 is 1.56 bits per heavy atom. The van der Waals surface area contributed by atoms with Gasteiger partial charge in [0.25, 0.3) is 0 Å². The van der Waals surface area contributed by atoms with Gasteiger partial charge in [0, 0.05) is 6.42 Å². The Morgan fingerprint density at radius 3 is 2.17 bits per heavy atom. The van der Waals surface area contributed by atoms with Crippen molar-refractivity contribution >= 4 is 35.1 Å². The molecule has 0 saturated carbocycles. The first kappa shape index (κ1) is 12.9. The number of rotatable bonds is 3. The molecule has 0 aliphatic heterocycles. The van der Waals surface area contributed by atoms with E-state index < -0.39 is 0 Å². The molecule has 0 unspecified atom stereocenters. The molecular formula is C11H11Cl2N5. The summed E-state index contributed by atoms with van der Waals surface area (Å²) in [4.78, 5) is 11.7. The fourth-order valence-corrected chi connectivity index (χ4v) is 1.84. The average Bonchev–Trinajstić information content (AvgIpc) is 2.29. The smallest absolute Gasteiger partial charge is 0.225 e. The molecule has 2 aromatic rings. The SMILES string of the molecule is Nc1nc(N)nc(CCc2ccc(Cl)c(Cl)c2)n1. The first-order valence-electron chi connectivity index (χ1n) is 5.24. The van der Waals surface area contributed by atoms with Gasteiger partial charge in [-0.2, -0.15) is 15.0 Å². The Morgan fingerprint density at radius 1 is 0.889 bits per heavy atom. The Hall–Kier alpha value is -1.59. The maximum Gasteiger partial charge on any atom is 0.225 e. The minimum atomic E-state index is 0.131. The molecule has 94 valence electrons. The normalized spacial score (nSPS) is 10.6. The van der Waals surface area contributed by atoms with Crippen LogP contribution in [0.25, 0.3) is 0 Å². The zero-order valence-electron chi connectivity index (χ0n) is 9.40. The maximum atomic E-state index is 5.93. The highest BCUT2D eigenvalue weighted by molar-refractivity contribution is 6.42. The lowest BCUT2D eigenvalue weighted by Crippen LogP contribution is -2.07. The average molecular weight is 284 g/mol. The van der Waals surface area contributed by atoms with Gasteiger partial charge in [0.15, 0.2) is 0 Å². The summed E-state index contributed by atoms with van der Waals surface area (Å²) in [6.45, 7) is 0. The van der Waals surface area contributed by atoms with Gasteiger partial charge in [-0.1, -0.05) is 29.3 Å². The van der Waals surface area contributed by atoms with E-state index in [2.05, 4.69) is 15.0 Å². The second kappa shape index (κ2) is 5.37. The van der Waals surface area contributed by atoms with E-state index >= 15 is 0 Å². The van der Waals surface area contributed by atoms with E-state index in [-0.39, 0.29) is 11.9 Å². The number of nitrogen functional groups attached to an aromatic ring is 2. The quantitative estimate of drug-likeness (QED) is 0.901. The molecule has 0 saturated heterocycles. The minimum absolute atomic E-state index is 0.131. The zero-order chi connectivity index (χ0) is 13.1. The number of nitrogens with two attached hydrogens (primary N) is 2. The summed E-state index contributed by atoms with van der Waals surface area (Å²) in [7, 11) is 0. The predicted molar refractivity (Wildman–Crippen MR) is 72.5 cm³/mol. The number of halogens is 2. The van der Waals surface area contributed by atoms with Crippen LogP contribution in [0.3, 0.4) is 0 Å². The molecule has 0 radical (unpaired) electrons. The summed E-state index contributed by atoms with van der Waals surface area (Å²) in [5, 5.41) is 1.07. The molecule has 4 N–H and O–H groups in total. The van der Waals surface area contributed by atoms with Crippen LogP contribution in [0, 0.1) is 0 Å². The Kier molecular flexibility index (Phi) is 3.84. The van der Waals surface area contributed by atoms with Gasteiger partial charge in [-0.15, -0.1) is 0 Å². The van der Waals surface area contributed by atoms with E-state index in [1.807, 2.05) is 12.1 Å². The van der Waals surface area contributed by atoms with Crippen LogP contribution in [-0.2, 0) is 12.8 Å². The van der Waals surface area contributed by atoms with Crippen LogP contribution in [0.5, 0.6) is 0 Å². The summed E-state index contributed by atoms with van der Waals surface area (Å²) in [5.41, 5.74) is 12.0. The number of aryl methyl sites for hydroxylation is 2. The van der Waals surface area contributed by atoms with Gasteiger partial charge in [0.1, 0.15) is 5.82 Å². The van der Waals surface area contributed by atoms with E-state index in [0.29, 0.717) is 22.3 Å². The van der Waals surface area contributed by atoms with E-state index in [1.54, 1.807) is 6.07 Å². The number of hydrogen-bond acceptors (Lipinski definition) is 5. The van der Waals surface area contributed by atoms with Gasteiger partial charge in [-0.05, 0) is 24.1 Å². The number of benzene rings is 1. The third-order valence-corrected chi connectivity index (χ3v) is 3.08. The van der Waals surface area contributed by atoms with Crippen molar-refractivity contribution in [1.82, 2.24) is 15.0 Å². The van der Waals surface area contributed by atoms with E-state index in [1.165, 1.54) is 0 Å². The lowest BCUT2D eigenvalue weighted by atomic mass is 10.1. The van der Waals surface area contributed by atoms with Crippen molar-refractivity contribution in [3.63, 3.8) is 0 Å². The van der Waals surface area contributed by atoms with Crippen molar-refractivity contribution in [3.8, 4) is 0 Å². The second-order valence-corrected chi connectivity index (χ2v) is 4.53. The van der Waals surface area contributed by atoms with Crippen LogP contribution in [0.4, 0.5) is 11.9 Å². The van der Waals surface area contributed by atoms with Crippen molar-refractivity contribution < 1.29 is 0 Å². The molecule has 18 heavy (non-hydrogen) atoms. The predicted octanol–water partition coefficient (Wildman–Crippen LogP) is 2.13. The minimum Gasteiger partial charge on any atom is -0.368 e. The summed E-state index contributed by atoms with van der Waals surface area (Å²) < 4.78 is 0. The van der Waals surface area contributed by atoms with Crippen LogP contribution in [-0.4, -0.2) is 15.0 Å². The summed E-state index contributed by atoms with van der Waals surface area (Å²) >= 11 is 11.8. The molecule has 0 amide bonds. The molecule has 0 spiro atoms. The summed E-state index contributed by atoms with van der Waals surface area (Å²) in [5.74, 6) is 0.823. The van der Waals surface area contributed by atoms with Crippen LogP contribution >= 0.6 is 23.2 Å². The summed E-state index contributed by atoms with van der Waals surface area (Å²) in [6, 6.07) is 5.48.